The van der Waals surface area contributed by atoms with Gasteiger partial charge >= 0.3 is 0 Å². The molecular weight excluding hydrogens is 156 g/mol. The van der Waals surface area contributed by atoms with Gasteiger partial charge in [-0.3, -0.25) is 0 Å². The molecule has 12 heavy (non-hydrogen) atoms. The maximum absolute atomic E-state index is 5.02. The number of rotatable bonds is 3. The van der Waals surface area contributed by atoms with Gasteiger partial charge in [-0.15, -0.1) is 0 Å². The topological polar surface area (TPSA) is 27.7 Å². The first-order valence-electron chi connectivity index (χ1n) is 3.46. The minimum absolute atomic E-state index is 0.567. The zero-order valence-corrected chi connectivity index (χ0v) is 7.16. The zero-order chi connectivity index (χ0) is 8.97. The zero-order valence-electron chi connectivity index (χ0n) is 7.16. The van der Waals surface area contributed by atoms with Crippen molar-refractivity contribution in [3.05, 3.63) is 25.3 Å². The van der Waals surface area contributed by atoms with Crippen LogP contribution in [-0.4, -0.2) is 14.2 Å². The van der Waals surface area contributed by atoms with Gasteiger partial charge in [-0.1, -0.05) is 0 Å². The fourth-order valence-corrected chi connectivity index (χ4v) is 0.897. The van der Waals surface area contributed by atoms with Crippen LogP contribution in [0.1, 0.15) is 0 Å². The van der Waals surface area contributed by atoms with Gasteiger partial charge in [0.15, 0.2) is 11.5 Å². The minimum atomic E-state index is 0.567. The van der Waals surface area contributed by atoms with Crippen molar-refractivity contribution in [1.82, 2.24) is 0 Å². The molecule has 0 aliphatic carbocycles. The van der Waals surface area contributed by atoms with E-state index in [0.29, 0.717) is 11.5 Å². The van der Waals surface area contributed by atoms with Crippen LogP contribution in [0.5, 0.6) is 17.2 Å². The van der Waals surface area contributed by atoms with Crippen molar-refractivity contribution in [2.45, 2.75) is 0 Å². The Hall–Kier alpha value is -1.38. The third-order valence-electron chi connectivity index (χ3n) is 1.53. The lowest BCUT2D eigenvalue weighted by Crippen LogP contribution is -1.90. The van der Waals surface area contributed by atoms with Gasteiger partial charge in [-0.2, -0.15) is 0 Å². The number of ether oxygens (including phenoxy) is 3. The van der Waals surface area contributed by atoms with Crippen LogP contribution in [0.4, 0.5) is 0 Å². The number of hydrogen-bond acceptors (Lipinski definition) is 3. The quantitative estimate of drug-likeness (QED) is 0.687. The van der Waals surface area contributed by atoms with Gasteiger partial charge in [0, 0.05) is 6.07 Å². The molecule has 3 heteroatoms. The SMILES string of the molecule is [CH2]Oc1cc(OC)ccc1OC. The van der Waals surface area contributed by atoms with Crippen LogP contribution in [0.2, 0.25) is 0 Å². The average molecular weight is 167 g/mol. The third-order valence-corrected chi connectivity index (χ3v) is 1.53. The van der Waals surface area contributed by atoms with Gasteiger partial charge in [0.25, 0.3) is 0 Å². The number of methoxy groups -OCH3 is 2. The molecule has 0 N–H and O–H groups in total. The fourth-order valence-electron chi connectivity index (χ4n) is 0.897. The normalized spacial score (nSPS) is 9.25. The maximum Gasteiger partial charge on any atom is 0.165 e. The van der Waals surface area contributed by atoms with E-state index < -0.39 is 0 Å². The predicted molar refractivity (Wildman–Crippen MR) is 45.5 cm³/mol. The first-order chi connectivity index (χ1) is 5.81. The molecule has 0 unspecified atom stereocenters. The third kappa shape index (κ3) is 1.61. The van der Waals surface area contributed by atoms with E-state index in [1.54, 1.807) is 32.4 Å². The summed E-state index contributed by atoms with van der Waals surface area (Å²) in [6.45, 7) is 0. The molecule has 1 radical (unpaired) electrons. The Labute approximate surface area is 71.9 Å². The summed E-state index contributed by atoms with van der Waals surface area (Å²) in [6, 6.07) is 5.27. The van der Waals surface area contributed by atoms with E-state index in [-0.39, 0.29) is 0 Å². The maximum atomic E-state index is 5.02. The Morgan fingerprint density at radius 1 is 1.08 bits per heavy atom. The molecule has 0 bridgehead atoms. The van der Waals surface area contributed by atoms with Gasteiger partial charge in [-0.25, -0.2) is 0 Å². The van der Waals surface area contributed by atoms with Gasteiger partial charge in [-0.05, 0) is 12.1 Å². The van der Waals surface area contributed by atoms with E-state index in [1.165, 1.54) is 0 Å². The van der Waals surface area contributed by atoms with Crippen molar-refractivity contribution in [1.29, 1.82) is 0 Å². The summed E-state index contributed by atoms with van der Waals surface area (Å²) in [6.07, 6.45) is 0. The highest BCUT2D eigenvalue weighted by molar-refractivity contribution is 5.45. The summed E-state index contributed by atoms with van der Waals surface area (Å²) in [4.78, 5) is 0. The van der Waals surface area contributed by atoms with E-state index >= 15 is 0 Å². The van der Waals surface area contributed by atoms with Crippen LogP contribution in [0.3, 0.4) is 0 Å². The van der Waals surface area contributed by atoms with Crippen molar-refractivity contribution >= 4 is 0 Å². The van der Waals surface area contributed by atoms with Crippen molar-refractivity contribution in [2.75, 3.05) is 14.2 Å². The fraction of sp³-hybridized carbons (Fsp3) is 0.222. The Morgan fingerprint density at radius 3 is 2.33 bits per heavy atom. The highest BCUT2D eigenvalue weighted by Crippen LogP contribution is 2.30. The molecule has 0 atom stereocenters. The van der Waals surface area contributed by atoms with Crippen LogP contribution in [-0.2, 0) is 0 Å². The predicted octanol–water partition coefficient (Wildman–Crippen LogP) is 1.87. The van der Waals surface area contributed by atoms with Crippen molar-refractivity contribution < 1.29 is 14.2 Å². The molecule has 1 aromatic rings. The smallest absolute Gasteiger partial charge is 0.165 e. The van der Waals surface area contributed by atoms with Crippen LogP contribution in [0.25, 0.3) is 0 Å². The van der Waals surface area contributed by atoms with Gasteiger partial charge in [0.2, 0.25) is 0 Å². The first kappa shape index (κ1) is 8.71. The molecule has 0 amide bonds. The van der Waals surface area contributed by atoms with Gasteiger partial charge < -0.3 is 14.2 Å². The van der Waals surface area contributed by atoms with E-state index in [1.807, 2.05) is 0 Å². The van der Waals surface area contributed by atoms with Gasteiger partial charge in [0.05, 0.1) is 14.2 Å². The van der Waals surface area contributed by atoms with E-state index in [9.17, 15) is 0 Å². The lowest BCUT2D eigenvalue weighted by Gasteiger charge is -2.07. The Morgan fingerprint density at radius 2 is 1.83 bits per heavy atom. The molecule has 65 valence electrons. The standard InChI is InChI=1S/C9H11O3/c1-10-7-4-5-8(11-2)9(6-7)12-3/h4-6H,3H2,1-2H3. The summed E-state index contributed by atoms with van der Waals surface area (Å²) in [5.74, 6) is 1.93. The van der Waals surface area contributed by atoms with Crippen molar-refractivity contribution in [3.63, 3.8) is 0 Å². The molecular formula is C9H11O3. The summed E-state index contributed by atoms with van der Waals surface area (Å²) in [5, 5.41) is 0. The Bertz CT molecular complexity index is 258. The van der Waals surface area contributed by atoms with Crippen LogP contribution in [0, 0.1) is 7.11 Å². The molecule has 0 aliphatic heterocycles. The Kier molecular flexibility index (Phi) is 2.80. The highest BCUT2D eigenvalue weighted by Gasteiger charge is 2.03. The summed E-state index contributed by atoms with van der Waals surface area (Å²) in [7, 11) is 6.47. The summed E-state index contributed by atoms with van der Waals surface area (Å²) >= 11 is 0. The number of hydrogen-bond donors (Lipinski definition) is 0. The van der Waals surface area contributed by atoms with Crippen molar-refractivity contribution in [3.8, 4) is 17.2 Å². The molecule has 0 saturated heterocycles. The second kappa shape index (κ2) is 3.85. The van der Waals surface area contributed by atoms with Gasteiger partial charge in [0.1, 0.15) is 12.9 Å². The summed E-state index contributed by atoms with van der Waals surface area (Å²) in [5.41, 5.74) is 0. The van der Waals surface area contributed by atoms with E-state index in [0.717, 1.165) is 5.75 Å². The highest BCUT2D eigenvalue weighted by atomic mass is 16.5. The van der Waals surface area contributed by atoms with Crippen LogP contribution in [0.15, 0.2) is 18.2 Å². The molecule has 0 fully saturated rings. The molecule has 1 rings (SSSR count). The molecule has 0 heterocycles. The Balaban J connectivity index is 3.02. The second-order valence-corrected chi connectivity index (χ2v) is 2.16. The lowest BCUT2D eigenvalue weighted by molar-refractivity contribution is 0.368. The lowest BCUT2D eigenvalue weighted by atomic mass is 10.3. The molecule has 0 spiro atoms. The average Bonchev–Trinajstić information content (AvgIpc) is 2.16. The monoisotopic (exact) mass is 167 g/mol. The molecule has 3 nitrogen and oxygen atoms in total. The molecule has 0 saturated carbocycles. The van der Waals surface area contributed by atoms with E-state index in [4.69, 9.17) is 14.2 Å². The number of benzene rings is 1. The summed E-state index contributed by atoms with van der Waals surface area (Å²) < 4.78 is 14.8. The van der Waals surface area contributed by atoms with E-state index in [2.05, 4.69) is 7.11 Å². The first-order valence-corrected chi connectivity index (χ1v) is 3.46. The molecule has 1 aromatic carbocycles. The molecule has 0 aliphatic rings. The largest absolute Gasteiger partial charge is 0.497 e. The molecule has 0 aromatic heterocycles. The van der Waals surface area contributed by atoms with Crippen molar-refractivity contribution in [2.24, 2.45) is 0 Å². The second-order valence-electron chi connectivity index (χ2n) is 2.16. The van der Waals surface area contributed by atoms with Crippen LogP contribution >= 0.6 is 0 Å². The minimum Gasteiger partial charge on any atom is -0.497 e. The van der Waals surface area contributed by atoms with Crippen LogP contribution < -0.4 is 14.2 Å².